The van der Waals surface area contributed by atoms with Gasteiger partial charge in [0.15, 0.2) is 0 Å². The fourth-order valence-corrected chi connectivity index (χ4v) is 3.77. The number of carboxylic acids is 2. The van der Waals surface area contributed by atoms with Gasteiger partial charge < -0.3 is 21.3 Å². The van der Waals surface area contributed by atoms with Gasteiger partial charge in [-0.15, -0.1) is 0 Å². The Kier molecular flexibility index (Phi) is 3.56. The molecule has 7 nitrogen and oxygen atoms in total. The van der Waals surface area contributed by atoms with E-state index in [-0.39, 0.29) is 12.0 Å². The Labute approximate surface area is 134 Å². The van der Waals surface area contributed by atoms with E-state index >= 15 is 0 Å². The zero-order chi connectivity index (χ0) is 17.8. The lowest BCUT2D eigenvalue weighted by molar-refractivity contribution is -0.145. The molecule has 2 fully saturated rings. The van der Waals surface area contributed by atoms with Crippen LogP contribution in [0.1, 0.15) is 16.8 Å². The van der Waals surface area contributed by atoms with Gasteiger partial charge in [-0.2, -0.15) is 0 Å². The molecule has 1 amide bonds. The second-order valence-electron chi connectivity index (χ2n) is 6.25. The third kappa shape index (κ3) is 2.41. The van der Waals surface area contributed by atoms with Crippen molar-refractivity contribution >= 4 is 17.8 Å². The Morgan fingerprint density at radius 3 is 2.25 bits per heavy atom. The van der Waals surface area contributed by atoms with Crippen LogP contribution in [0, 0.1) is 29.4 Å². The predicted octanol–water partition coefficient (Wildman–Crippen LogP) is 0.196. The van der Waals surface area contributed by atoms with Gasteiger partial charge in [0.05, 0.1) is 5.92 Å². The molecule has 0 aliphatic heterocycles. The Hall–Kier alpha value is -2.55. The van der Waals surface area contributed by atoms with Gasteiger partial charge in [0, 0.05) is 23.6 Å². The monoisotopic (exact) mass is 340 g/mol. The van der Waals surface area contributed by atoms with Crippen LogP contribution in [-0.4, -0.2) is 39.6 Å². The topological polar surface area (TPSA) is 130 Å². The van der Waals surface area contributed by atoms with E-state index in [1.807, 2.05) is 0 Å². The van der Waals surface area contributed by atoms with Gasteiger partial charge in [-0.1, -0.05) is 0 Å². The number of carbonyl (C=O) groups is 3. The number of fused-ring (bicyclic) bond motifs is 1. The second-order valence-corrected chi connectivity index (χ2v) is 6.25. The first-order valence-electron chi connectivity index (χ1n) is 7.17. The fraction of sp³-hybridized carbons (Fsp3) is 0.400. The maximum Gasteiger partial charge on any atom is 0.324 e. The quantitative estimate of drug-likeness (QED) is 0.619. The highest BCUT2D eigenvalue weighted by atomic mass is 19.1. The van der Waals surface area contributed by atoms with Crippen molar-refractivity contribution in [2.45, 2.75) is 18.0 Å². The number of hydrogen-bond donors (Lipinski definition) is 4. The van der Waals surface area contributed by atoms with Crippen molar-refractivity contribution in [3.8, 4) is 0 Å². The Bertz CT molecular complexity index is 735. The third-order valence-electron chi connectivity index (χ3n) is 4.82. The molecule has 0 radical (unpaired) electrons. The summed E-state index contributed by atoms with van der Waals surface area (Å²) in [4.78, 5) is 34.8. The molecule has 0 spiro atoms. The molecule has 2 aliphatic carbocycles. The highest BCUT2D eigenvalue weighted by Gasteiger charge is 2.74. The number of carbonyl (C=O) groups excluding carboxylic acids is 1. The van der Waals surface area contributed by atoms with Gasteiger partial charge in [-0.3, -0.25) is 14.4 Å². The minimum atomic E-state index is -1.75. The van der Waals surface area contributed by atoms with Crippen LogP contribution < -0.4 is 11.1 Å². The minimum Gasteiger partial charge on any atom is -0.481 e. The van der Waals surface area contributed by atoms with Gasteiger partial charge in [-0.25, -0.2) is 8.78 Å². The van der Waals surface area contributed by atoms with E-state index in [2.05, 4.69) is 5.32 Å². The Morgan fingerprint density at radius 1 is 1.17 bits per heavy atom. The van der Waals surface area contributed by atoms with Gasteiger partial charge in [0.2, 0.25) is 0 Å². The van der Waals surface area contributed by atoms with Crippen molar-refractivity contribution in [1.82, 2.24) is 5.32 Å². The molecular formula is C15H14F2N2O5. The molecule has 0 heterocycles. The van der Waals surface area contributed by atoms with Gasteiger partial charge in [-0.05, 0) is 24.5 Å². The van der Waals surface area contributed by atoms with Crippen LogP contribution in [0.25, 0.3) is 0 Å². The summed E-state index contributed by atoms with van der Waals surface area (Å²) in [7, 11) is 0. The van der Waals surface area contributed by atoms with Crippen LogP contribution in [0.2, 0.25) is 0 Å². The molecule has 5 atom stereocenters. The molecule has 24 heavy (non-hydrogen) atoms. The maximum absolute atomic E-state index is 13.2. The summed E-state index contributed by atoms with van der Waals surface area (Å²) in [5, 5.41) is 20.9. The predicted molar refractivity (Wildman–Crippen MR) is 74.9 cm³/mol. The van der Waals surface area contributed by atoms with Crippen molar-refractivity contribution in [2.24, 2.45) is 23.5 Å². The second kappa shape index (κ2) is 5.23. The number of carboxylic acid groups (broad SMARTS) is 2. The molecule has 0 saturated heterocycles. The summed E-state index contributed by atoms with van der Waals surface area (Å²) >= 11 is 0. The molecule has 128 valence electrons. The molecule has 1 aromatic rings. The summed E-state index contributed by atoms with van der Waals surface area (Å²) in [6.45, 7) is 0. The molecule has 0 bridgehead atoms. The van der Waals surface area contributed by atoms with Gasteiger partial charge in [0.1, 0.15) is 17.2 Å². The van der Waals surface area contributed by atoms with Crippen LogP contribution in [0.4, 0.5) is 8.78 Å². The van der Waals surface area contributed by atoms with E-state index in [4.69, 9.17) is 10.8 Å². The van der Waals surface area contributed by atoms with Crippen molar-refractivity contribution in [3.63, 3.8) is 0 Å². The largest absolute Gasteiger partial charge is 0.481 e. The van der Waals surface area contributed by atoms with Crippen LogP contribution >= 0.6 is 0 Å². The molecule has 0 aromatic heterocycles. The molecule has 5 unspecified atom stereocenters. The highest BCUT2D eigenvalue weighted by Crippen LogP contribution is 2.61. The molecule has 5 N–H and O–H groups in total. The lowest BCUT2D eigenvalue weighted by atomic mass is 9.90. The van der Waals surface area contributed by atoms with Crippen LogP contribution in [0.5, 0.6) is 0 Å². The molecule has 3 rings (SSSR count). The van der Waals surface area contributed by atoms with E-state index < -0.39 is 58.8 Å². The SMILES string of the molecule is NC1(C(=O)O)CC(NC(=O)c2cc(F)cc(F)c2)C2C(C(=O)O)C21. The molecule has 1 aromatic carbocycles. The highest BCUT2D eigenvalue weighted by molar-refractivity contribution is 5.95. The minimum absolute atomic E-state index is 0.148. The number of nitrogens with two attached hydrogens (primary N) is 1. The van der Waals surface area contributed by atoms with Crippen molar-refractivity contribution in [1.29, 1.82) is 0 Å². The van der Waals surface area contributed by atoms with Crippen LogP contribution in [-0.2, 0) is 9.59 Å². The molecule has 2 aliphatic rings. The molecule has 2 saturated carbocycles. The van der Waals surface area contributed by atoms with Crippen molar-refractivity contribution in [3.05, 3.63) is 35.4 Å². The summed E-state index contributed by atoms with van der Waals surface area (Å²) in [6.07, 6.45) is -0.148. The van der Waals surface area contributed by atoms with Gasteiger partial charge >= 0.3 is 11.9 Å². The summed E-state index contributed by atoms with van der Waals surface area (Å²) in [6, 6.07) is 1.48. The van der Waals surface area contributed by atoms with Crippen molar-refractivity contribution < 1.29 is 33.4 Å². The smallest absolute Gasteiger partial charge is 0.324 e. The first-order valence-corrected chi connectivity index (χ1v) is 7.17. The molecular weight excluding hydrogens is 326 g/mol. The number of benzene rings is 1. The van der Waals surface area contributed by atoms with Gasteiger partial charge in [0.25, 0.3) is 5.91 Å². The normalized spacial score (nSPS) is 33.6. The Balaban J connectivity index is 1.81. The number of hydrogen-bond acceptors (Lipinski definition) is 4. The van der Waals surface area contributed by atoms with Crippen LogP contribution in [0.15, 0.2) is 18.2 Å². The standard InChI is InChI=1S/C15H14F2N2O5/c16-6-1-5(2-7(17)3-6)12(20)19-8-4-15(18,14(23)24)11-9(8)10(11)13(21)22/h1-3,8-11H,4,18H2,(H,19,20)(H,21,22)(H,23,24). The van der Waals surface area contributed by atoms with E-state index in [1.54, 1.807) is 0 Å². The first-order chi connectivity index (χ1) is 11.1. The number of nitrogens with one attached hydrogen (secondary N) is 1. The maximum atomic E-state index is 13.2. The fourth-order valence-electron chi connectivity index (χ4n) is 3.77. The van der Waals surface area contributed by atoms with E-state index in [0.717, 1.165) is 12.1 Å². The molecule has 9 heteroatoms. The zero-order valence-electron chi connectivity index (χ0n) is 12.2. The third-order valence-corrected chi connectivity index (χ3v) is 4.82. The lowest BCUT2D eigenvalue weighted by Crippen LogP contribution is -2.52. The number of amides is 1. The first kappa shape index (κ1) is 16.3. The lowest BCUT2D eigenvalue weighted by Gasteiger charge is -2.25. The number of aliphatic carboxylic acids is 2. The number of halogens is 2. The zero-order valence-corrected chi connectivity index (χ0v) is 12.2. The summed E-state index contributed by atoms with van der Waals surface area (Å²) in [5.41, 5.74) is 3.81. The average molecular weight is 340 g/mol. The van der Waals surface area contributed by atoms with E-state index in [9.17, 15) is 28.3 Å². The Morgan fingerprint density at radius 2 is 1.75 bits per heavy atom. The van der Waals surface area contributed by atoms with E-state index in [1.165, 1.54) is 0 Å². The van der Waals surface area contributed by atoms with Crippen molar-refractivity contribution in [2.75, 3.05) is 0 Å². The van der Waals surface area contributed by atoms with E-state index in [0.29, 0.717) is 6.07 Å². The van der Waals surface area contributed by atoms with Crippen LogP contribution in [0.3, 0.4) is 0 Å². The summed E-state index contributed by atoms with van der Waals surface area (Å²) < 4.78 is 26.4. The summed E-state index contributed by atoms with van der Waals surface area (Å²) in [5.74, 6) is -7.58. The average Bonchev–Trinajstić information content (AvgIpc) is 3.15. The number of rotatable bonds is 4.